The Hall–Kier alpha value is -2.32. The number of aromatic nitrogens is 2. The van der Waals surface area contributed by atoms with Crippen molar-refractivity contribution in [2.45, 2.75) is 13.2 Å². The quantitative estimate of drug-likeness (QED) is 0.826. The average molecular weight is 243 g/mol. The molecule has 0 spiro atoms. The molecule has 0 saturated heterocycles. The van der Waals surface area contributed by atoms with E-state index in [-0.39, 0.29) is 18.0 Å². The third-order valence-corrected chi connectivity index (χ3v) is 2.32. The van der Waals surface area contributed by atoms with Gasteiger partial charge in [-0.05, 0) is 5.56 Å². The summed E-state index contributed by atoms with van der Waals surface area (Å²) in [5, 5.41) is 8.63. The molecule has 0 unspecified atom stereocenters. The first-order valence-electron chi connectivity index (χ1n) is 5.32. The molecule has 0 amide bonds. The van der Waals surface area contributed by atoms with Gasteiger partial charge in [-0.3, -0.25) is 0 Å². The molecule has 1 aromatic heterocycles. The van der Waals surface area contributed by atoms with Crippen LogP contribution in [0.4, 0.5) is 4.39 Å². The highest BCUT2D eigenvalue weighted by Gasteiger charge is 2.10. The van der Waals surface area contributed by atoms with E-state index in [1.54, 1.807) is 6.07 Å². The van der Waals surface area contributed by atoms with Gasteiger partial charge in [0.2, 0.25) is 0 Å². The van der Waals surface area contributed by atoms with Crippen molar-refractivity contribution in [3.63, 3.8) is 0 Å². The number of nitriles is 1. The smallest absolute Gasteiger partial charge is 0.183 e. The van der Waals surface area contributed by atoms with E-state index in [1.165, 1.54) is 0 Å². The van der Waals surface area contributed by atoms with Crippen LogP contribution >= 0.6 is 0 Å². The van der Waals surface area contributed by atoms with E-state index < -0.39 is 5.82 Å². The Morgan fingerprint density at radius 3 is 2.67 bits per heavy atom. The monoisotopic (exact) mass is 243 g/mol. The molecule has 0 aliphatic heterocycles. The van der Waals surface area contributed by atoms with Crippen LogP contribution < -0.4 is 0 Å². The number of benzene rings is 1. The number of nitrogens with zero attached hydrogens (tertiary/aromatic N) is 3. The van der Waals surface area contributed by atoms with E-state index in [1.807, 2.05) is 30.3 Å². The summed E-state index contributed by atoms with van der Waals surface area (Å²) in [6.07, 6.45) is 1.16. The molecule has 1 heterocycles. The first-order chi connectivity index (χ1) is 8.81. The van der Waals surface area contributed by atoms with Crippen LogP contribution in [-0.2, 0) is 18.0 Å². The summed E-state index contributed by atoms with van der Waals surface area (Å²) in [5.41, 5.74) is 0.827. The van der Waals surface area contributed by atoms with Crippen LogP contribution in [0.25, 0.3) is 0 Å². The summed E-state index contributed by atoms with van der Waals surface area (Å²) in [6, 6.07) is 11.2. The molecule has 0 aliphatic carbocycles. The molecule has 0 fully saturated rings. The van der Waals surface area contributed by atoms with Crippen molar-refractivity contribution in [2.24, 2.45) is 0 Å². The summed E-state index contributed by atoms with van der Waals surface area (Å²) < 4.78 is 18.9. The zero-order valence-electron chi connectivity index (χ0n) is 9.51. The molecule has 0 atom stereocenters. The third kappa shape index (κ3) is 2.87. The fraction of sp³-hybridized carbons (Fsp3) is 0.154. The molecular weight excluding hydrogens is 233 g/mol. The van der Waals surface area contributed by atoms with Gasteiger partial charge in [-0.1, -0.05) is 30.3 Å². The predicted octanol–water partition coefficient (Wildman–Crippen LogP) is 2.20. The molecule has 5 heteroatoms. The summed E-state index contributed by atoms with van der Waals surface area (Å²) in [6.45, 7) is 0.379. The zero-order chi connectivity index (χ0) is 12.8. The van der Waals surface area contributed by atoms with Crippen molar-refractivity contribution in [1.29, 1.82) is 5.26 Å². The van der Waals surface area contributed by atoms with Crippen molar-refractivity contribution in [3.8, 4) is 6.07 Å². The zero-order valence-corrected chi connectivity index (χ0v) is 9.51. The summed E-state index contributed by atoms with van der Waals surface area (Å²) in [5.74, 6) is -0.715. The Bertz CT molecular complexity index is 566. The van der Waals surface area contributed by atoms with Crippen LogP contribution in [0.2, 0.25) is 0 Å². The van der Waals surface area contributed by atoms with Gasteiger partial charge in [0.25, 0.3) is 0 Å². The van der Waals surface area contributed by atoms with Gasteiger partial charge in [-0.2, -0.15) is 5.26 Å². The molecular formula is C13H10FN3O. The normalized spacial score (nSPS) is 10.0. The molecule has 2 aromatic rings. The van der Waals surface area contributed by atoms with Crippen LogP contribution in [0.15, 0.2) is 36.7 Å². The van der Waals surface area contributed by atoms with Crippen LogP contribution in [0.3, 0.4) is 0 Å². The minimum Gasteiger partial charge on any atom is -0.370 e. The fourth-order valence-corrected chi connectivity index (χ4v) is 1.42. The fourth-order valence-electron chi connectivity index (χ4n) is 1.42. The number of ether oxygens (including phenoxy) is 1. The van der Waals surface area contributed by atoms with Crippen molar-refractivity contribution >= 4 is 0 Å². The maximum atomic E-state index is 13.6. The lowest BCUT2D eigenvalue weighted by Gasteiger charge is -2.05. The summed E-state index contributed by atoms with van der Waals surface area (Å²) in [7, 11) is 0. The second kappa shape index (κ2) is 5.84. The second-order valence-electron chi connectivity index (χ2n) is 3.57. The van der Waals surface area contributed by atoms with Gasteiger partial charge in [0.1, 0.15) is 18.1 Å². The Balaban J connectivity index is 1.97. The number of hydrogen-bond donors (Lipinski definition) is 0. The molecule has 18 heavy (non-hydrogen) atoms. The first-order valence-corrected chi connectivity index (χ1v) is 5.32. The van der Waals surface area contributed by atoms with Gasteiger partial charge >= 0.3 is 0 Å². The molecule has 90 valence electrons. The highest BCUT2D eigenvalue weighted by molar-refractivity contribution is 5.23. The SMILES string of the molecule is N#Cc1ncnc(COCc2ccccc2)c1F. The van der Waals surface area contributed by atoms with Gasteiger partial charge in [0.15, 0.2) is 11.5 Å². The standard InChI is InChI=1S/C13H10FN3O/c14-13-11(6-15)16-9-17-12(13)8-18-7-10-4-2-1-3-5-10/h1-5,9H,7-8H2. The van der Waals surface area contributed by atoms with Crippen molar-refractivity contribution in [3.05, 3.63) is 59.4 Å². The lowest BCUT2D eigenvalue weighted by molar-refractivity contribution is 0.102. The van der Waals surface area contributed by atoms with E-state index in [0.717, 1.165) is 11.9 Å². The van der Waals surface area contributed by atoms with Crippen LogP contribution in [-0.4, -0.2) is 9.97 Å². The molecule has 1 aromatic carbocycles. The van der Waals surface area contributed by atoms with Gasteiger partial charge in [0.05, 0.1) is 13.2 Å². The Labute approximate surface area is 104 Å². The van der Waals surface area contributed by atoms with Gasteiger partial charge in [-0.25, -0.2) is 14.4 Å². The van der Waals surface area contributed by atoms with Crippen molar-refractivity contribution in [2.75, 3.05) is 0 Å². The molecule has 2 rings (SSSR count). The highest BCUT2D eigenvalue weighted by Crippen LogP contribution is 2.09. The molecule has 0 radical (unpaired) electrons. The number of rotatable bonds is 4. The predicted molar refractivity (Wildman–Crippen MR) is 61.6 cm³/mol. The van der Waals surface area contributed by atoms with Crippen LogP contribution in [0.1, 0.15) is 17.0 Å². The average Bonchev–Trinajstić information content (AvgIpc) is 2.42. The van der Waals surface area contributed by atoms with Gasteiger partial charge < -0.3 is 4.74 Å². The van der Waals surface area contributed by atoms with E-state index in [0.29, 0.717) is 6.61 Å². The maximum Gasteiger partial charge on any atom is 0.183 e. The van der Waals surface area contributed by atoms with Gasteiger partial charge in [-0.15, -0.1) is 0 Å². The molecule has 0 bridgehead atoms. The molecule has 0 aliphatic rings. The minimum absolute atomic E-state index is 0.0118. The maximum absolute atomic E-state index is 13.6. The summed E-state index contributed by atoms with van der Waals surface area (Å²) in [4.78, 5) is 7.28. The van der Waals surface area contributed by atoms with Crippen molar-refractivity contribution < 1.29 is 9.13 Å². The van der Waals surface area contributed by atoms with Gasteiger partial charge in [0, 0.05) is 0 Å². The number of hydrogen-bond acceptors (Lipinski definition) is 4. The van der Waals surface area contributed by atoms with E-state index in [9.17, 15) is 4.39 Å². The lowest BCUT2D eigenvalue weighted by atomic mass is 10.2. The van der Waals surface area contributed by atoms with Crippen molar-refractivity contribution in [1.82, 2.24) is 9.97 Å². The molecule has 0 N–H and O–H groups in total. The van der Waals surface area contributed by atoms with Crippen LogP contribution in [0, 0.1) is 17.1 Å². The Morgan fingerprint density at radius 2 is 1.94 bits per heavy atom. The second-order valence-corrected chi connectivity index (χ2v) is 3.57. The molecule has 4 nitrogen and oxygen atoms in total. The van der Waals surface area contributed by atoms with E-state index in [4.69, 9.17) is 10.00 Å². The number of halogens is 1. The minimum atomic E-state index is -0.715. The Kier molecular flexibility index (Phi) is 3.94. The third-order valence-electron chi connectivity index (χ3n) is 2.32. The first kappa shape index (κ1) is 12.1. The summed E-state index contributed by atoms with van der Waals surface area (Å²) >= 11 is 0. The highest BCUT2D eigenvalue weighted by atomic mass is 19.1. The van der Waals surface area contributed by atoms with Crippen LogP contribution in [0.5, 0.6) is 0 Å². The lowest BCUT2D eigenvalue weighted by Crippen LogP contribution is -2.03. The van der Waals surface area contributed by atoms with E-state index >= 15 is 0 Å². The van der Waals surface area contributed by atoms with E-state index in [2.05, 4.69) is 9.97 Å². The molecule has 0 saturated carbocycles. The Morgan fingerprint density at radius 1 is 1.17 bits per heavy atom. The topological polar surface area (TPSA) is 58.8 Å². The largest absolute Gasteiger partial charge is 0.370 e.